The minimum atomic E-state index is -0.879. The van der Waals surface area contributed by atoms with E-state index < -0.39 is 6.09 Å². The first-order valence-electron chi connectivity index (χ1n) is 10.9. The molecular weight excluding hydrogens is 517 g/mol. The molecular formula is C27H21Cl2N3O5. The van der Waals surface area contributed by atoms with Gasteiger partial charge >= 0.3 is 6.09 Å². The van der Waals surface area contributed by atoms with Crippen molar-refractivity contribution in [2.45, 2.75) is 6.61 Å². The van der Waals surface area contributed by atoms with Gasteiger partial charge in [-0.25, -0.2) is 9.78 Å². The van der Waals surface area contributed by atoms with E-state index in [0.717, 1.165) is 0 Å². The fourth-order valence-corrected chi connectivity index (χ4v) is 4.45. The Kier molecular flexibility index (Phi) is 7.91. The summed E-state index contributed by atoms with van der Waals surface area (Å²) >= 11 is 13.7. The Morgan fingerprint density at radius 2 is 1.73 bits per heavy atom. The zero-order chi connectivity index (χ0) is 26.5. The quantitative estimate of drug-likeness (QED) is 0.265. The van der Waals surface area contributed by atoms with E-state index in [2.05, 4.69) is 9.97 Å². The van der Waals surface area contributed by atoms with Crippen molar-refractivity contribution in [1.29, 1.82) is 0 Å². The Morgan fingerprint density at radius 1 is 0.973 bits per heavy atom. The number of rotatable bonds is 8. The number of nitrogens with two attached hydrogens (primary N) is 1. The molecule has 10 heteroatoms. The first-order valence-corrected chi connectivity index (χ1v) is 11.7. The predicted octanol–water partition coefficient (Wildman–Crippen LogP) is 6.21. The molecule has 0 spiro atoms. The first-order chi connectivity index (χ1) is 17.9. The number of aldehydes is 1. The summed E-state index contributed by atoms with van der Waals surface area (Å²) in [7, 11) is 2.95. The zero-order valence-electron chi connectivity index (χ0n) is 19.8. The molecule has 0 saturated carbocycles. The van der Waals surface area contributed by atoms with Gasteiger partial charge in [-0.2, -0.15) is 0 Å². The Labute approximate surface area is 222 Å². The molecule has 0 aliphatic carbocycles. The summed E-state index contributed by atoms with van der Waals surface area (Å²) in [6.45, 7) is -0.0327. The minimum absolute atomic E-state index is 0.0327. The summed E-state index contributed by atoms with van der Waals surface area (Å²) < 4.78 is 15.6. The van der Waals surface area contributed by atoms with Crippen LogP contribution in [0.5, 0.6) is 11.6 Å². The van der Waals surface area contributed by atoms with E-state index in [4.69, 9.17) is 43.1 Å². The third-order valence-electron chi connectivity index (χ3n) is 5.59. The zero-order valence-corrected chi connectivity index (χ0v) is 21.3. The molecule has 2 aromatic carbocycles. The van der Waals surface area contributed by atoms with Crippen LogP contribution in [0, 0.1) is 0 Å². The monoisotopic (exact) mass is 537 g/mol. The molecule has 8 nitrogen and oxygen atoms in total. The van der Waals surface area contributed by atoms with Crippen molar-refractivity contribution in [3.63, 3.8) is 0 Å². The molecule has 0 fully saturated rings. The summed E-state index contributed by atoms with van der Waals surface area (Å²) in [5.41, 5.74) is 9.76. The van der Waals surface area contributed by atoms with Crippen LogP contribution in [0.2, 0.25) is 10.0 Å². The van der Waals surface area contributed by atoms with Gasteiger partial charge in [-0.15, -0.1) is 0 Å². The highest BCUT2D eigenvalue weighted by atomic mass is 35.5. The fraction of sp³-hybridized carbons (Fsp3) is 0.111. The van der Waals surface area contributed by atoms with Crippen molar-refractivity contribution in [2.75, 3.05) is 14.2 Å². The summed E-state index contributed by atoms with van der Waals surface area (Å²) in [6.07, 6.45) is 1.44. The molecule has 0 aliphatic heterocycles. The number of amides is 1. The molecule has 0 radical (unpaired) electrons. The van der Waals surface area contributed by atoms with E-state index >= 15 is 0 Å². The number of hydrogen-bond donors (Lipinski definition) is 1. The number of hydrogen-bond acceptors (Lipinski definition) is 7. The van der Waals surface area contributed by atoms with Crippen LogP contribution in [0.15, 0.2) is 60.8 Å². The van der Waals surface area contributed by atoms with Crippen molar-refractivity contribution < 1.29 is 23.8 Å². The maximum Gasteiger partial charge on any atom is 0.404 e. The first kappa shape index (κ1) is 25.9. The molecule has 1 amide bonds. The highest BCUT2D eigenvalue weighted by Gasteiger charge is 2.18. The number of methoxy groups -OCH3 is 2. The van der Waals surface area contributed by atoms with Crippen LogP contribution in [-0.2, 0) is 11.3 Å². The number of pyridine rings is 2. The lowest BCUT2D eigenvalue weighted by molar-refractivity contribution is 0.111. The fourth-order valence-electron chi connectivity index (χ4n) is 3.81. The number of benzene rings is 2. The predicted molar refractivity (Wildman–Crippen MR) is 141 cm³/mol. The SMILES string of the molecule is COc1cc(-c2nccc(-c3cccc(-c4ccc(C=O)c(OC)n4)c3Cl)c2Cl)ccc1COC(N)=O. The molecule has 0 atom stereocenters. The Morgan fingerprint density at radius 3 is 2.43 bits per heavy atom. The highest BCUT2D eigenvalue weighted by molar-refractivity contribution is 6.39. The summed E-state index contributed by atoms with van der Waals surface area (Å²) in [6, 6.07) is 15.9. The lowest BCUT2D eigenvalue weighted by Gasteiger charge is -2.15. The molecule has 4 aromatic rings. The van der Waals surface area contributed by atoms with E-state index in [-0.39, 0.29) is 12.5 Å². The van der Waals surface area contributed by atoms with Gasteiger partial charge in [0.1, 0.15) is 12.4 Å². The Bertz CT molecular complexity index is 1490. The van der Waals surface area contributed by atoms with Crippen LogP contribution in [0.3, 0.4) is 0 Å². The van der Waals surface area contributed by atoms with Crippen LogP contribution in [0.4, 0.5) is 4.79 Å². The van der Waals surface area contributed by atoms with Crippen molar-refractivity contribution in [3.8, 4) is 45.3 Å². The van der Waals surface area contributed by atoms with E-state index in [0.29, 0.717) is 66.8 Å². The standard InChI is InChI=1S/C27H21Cl2N3O5/c1-35-22-12-15(6-7-17(22)14-37-27(30)34)25-24(29)19(10-11-31-25)18-4-3-5-20(23(18)28)21-9-8-16(13-33)26(32-21)36-2/h3-13H,14H2,1-2H3,(H2,30,34). The number of nitrogens with zero attached hydrogens (tertiary/aromatic N) is 2. The average Bonchev–Trinajstić information content (AvgIpc) is 2.92. The van der Waals surface area contributed by atoms with E-state index in [9.17, 15) is 9.59 Å². The van der Waals surface area contributed by atoms with Gasteiger partial charge in [0.15, 0.2) is 6.29 Å². The normalized spacial score (nSPS) is 10.6. The van der Waals surface area contributed by atoms with Crippen LogP contribution >= 0.6 is 23.2 Å². The lowest BCUT2D eigenvalue weighted by atomic mass is 9.99. The highest BCUT2D eigenvalue weighted by Crippen LogP contribution is 2.42. The van der Waals surface area contributed by atoms with Gasteiger partial charge in [-0.05, 0) is 24.3 Å². The van der Waals surface area contributed by atoms with Crippen molar-refractivity contribution in [2.24, 2.45) is 5.73 Å². The van der Waals surface area contributed by atoms with Gasteiger partial charge < -0.3 is 19.9 Å². The van der Waals surface area contributed by atoms with Gasteiger partial charge in [0, 0.05) is 34.0 Å². The van der Waals surface area contributed by atoms with E-state index in [1.165, 1.54) is 14.2 Å². The number of ether oxygens (including phenoxy) is 3. The molecule has 2 heterocycles. The van der Waals surface area contributed by atoms with Crippen molar-refractivity contribution in [3.05, 3.63) is 82.0 Å². The maximum absolute atomic E-state index is 11.2. The topological polar surface area (TPSA) is 114 Å². The second-order valence-corrected chi connectivity index (χ2v) is 8.49. The van der Waals surface area contributed by atoms with Crippen LogP contribution < -0.4 is 15.2 Å². The molecule has 2 N–H and O–H groups in total. The molecule has 37 heavy (non-hydrogen) atoms. The lowest BCUT2D eigenvalue weighted by Crippen LogP contribution is -2.13. The number of carbonyl (C=O) groups is 2. The number of halogens is 2. The number of aromatic nitrogens is 2. The van der Waals surface area contributed by atoms with Crippen molar-refractivity contribution in [1.82, 2.24) is 9.97 Å². The van der Waals surface area contributed by atoms with Crippen LogP contribution in [0.1, 0.15) is 15.9 Å². The van der Waals surface area contributed by atoms with Gasteiger partial charge in [0.2, 0.25) is 5.88 Å². The molecule has 188 valence electrons. The smallest absolute Gasteiger partial charge is 0.404 e. The number of carbonyl (C=O) groups excluding carboxylic acids is 2. The van der Waals surface area contributed by atoms with E-state index in [1.54, 1.807) is 42.6 Å². The molecule has 0 aliphatic rings. The number of primary amides is 1. The van der Waals surface area contributed by atoms with E-state index in [1.807, 2.05) is 18.2 Å². The summed E-state index contributed by atoms with van der Waals surface area (Å²) in [4.78, 5) is 31.1. The second-order valence-electron chi connectivity index (χ2n) is 7.74. The van der Waals surface area contributed by atoms with Gasteiger partial charge in [-0.3, -0.25) is 9.78 Å². The molecule has 0 bridgehead atoms. The summed E-state index contributed by atoms with van der Waals surface area (Å²) in [5, 5.41) is 0.804. The Balaban J connectivity index is 1.77. The van der Waals surface area contributed by atoms with Crippen LogP contribution in [-0.4, -0.2) is 36.6 Å². The van der Waals surface area contributed by atoms with Crippen LogP contribution in [0.25, 0.3) is 33.6 Å². The van der Waals surface area contributed by atoms with Gasteiger partial charge in [0.05, 0.1) is 41.2 Å². The summed E-state index contributed by atoms with van der Waals surface area (Å²) in [5.74, 6) is 0.692. The van der Waals surface area contributed by atoms with Gasteiger partial charge in [-0.1, -0.05) is 53.5 Å². The largest absolute Gasteiger partial charge is 0.496 e. The minimum Gasteiger partial charge on any atom is -0.496 e. The van der Waals surface area contributed by atoms with Crippen molar-refractivity contribution >= 4 is 35.6 Å². The molecule has 0 saturated heterocycles. The Hall–Kier alpha value is -4.14. The third-order valence-corrected chi connectivity index (χ3v) is 6.38. The molecule has 4 rings (SSSR count). The maximum atomic E-state index is 11.2. The van der Waals surface area contributed by atoms with Gasteiger partial charge in [0.25, 0.3) is 0 Å². The average molecular weight is 538 g/mol. The molecule has 0 unspecified atom stereocenters. The third kappa shape index (κ3) is 5.35. The molecule has 2 aromatic heterocycles. The second kappa shape index (κ2) is 11.3.